The van der Waals surface area contributed by atoms with E-state index in [1.807, 2.05) is 60.7 Å². The molecule has 0 saturated heterocycles. The van der Waals surface area contributed by atoms with Crippen molar-refractivity contribution in [1.82, 2.24) is 9.55 Å². The zero-order valence-corrected chi connectivity index (χ0v) is 31.6. The Kier molecular flexibility index (Phi) is 7.73. The molecular formula is C50H38N3OP. The molecule has 1 aliphatic rings. The number of anilines is 3. The number of benzene rings is 7. The highest BCUT2D eigenvalue weighted by Gasteiger charge is 2.37. The Morgan fingerprint density at radius 3 is 1.71 bits per heavy atom. The molecule has 7 aromatic carbocycles. The van der Waals surface area contributed by atoms with Gasteiger partial charge in [0.2, 0.25) is 0 Å². The molecule has 0 radical (unpaired) electrons. The second-order valence-electron chi connectivity index (χ2n) is 14.8. The van der Waals surface area contributed by atoms with E-state index in [1.54, 1.807) is 6.20 Å². The maximum atomic E-state index is 15.5. The van der Waals surface area contributed by atoms with E-state index in [-0.39, 0.29) is 5.41 Å². The van der Waals surface area contributed by atoms with Gasteiger partial charge in [0, 0.05) is 44.4 Å². The maximum absolute atomic E-state index is 15.5. The van der Waals surface area contributed by atoms with Gasteiger partial charge in [0.05, 0.1) is 22.4 Å². The van der Waals surface area contributed by atoms with Crippen LogP contribution in [0.3, 0.4) is 0 Å². The third kappa shape index (κ3) is 5.21. The van der Waals surface area contributed by atoms with E-state index in [0.717, 1.165) is 55.5 Å². The molecule has 0 bridgehead atoms. The molecule has 10 rings (SSSR count). The highest BCUT2D eigenvalue weighted by Crippen LogP contribution is 2.52. The Morgan fingerprint density at radius 1 is 0.491 bits per heavy atom. The van der Waals surface area contributed by atoms with Gasteiger partial charge in [0.25, 0.3) is 0 Å². The minimum absolute atomic E-state index is 0.185. The summed E-state index contributed by atoms with van der Waals surface area (Å²) < 4.78 is 17.9. The standard InChI is InChI=1S/C50H38N3OP/c1-50(2)43-23-8-12-27-47(43)53(48-28-13-9-24-44(48)50)38-32-36(31-37(34-38)52-45-25-10-6-21-41(45)42-22-7-11-26-46(42)52)35-17-16-20-40(33-35)55(54,39-18-4-3-5-19-39)49-29-14-15-30-51-49/h3-34H,1-2H3. The van der Waals surface area contributed by atoms with Crippen molar-refractivity contribution < 1.29 is 4.57 Å². The highest BCUT2D eigenvalue weighted by atomic mass is 31.2. The molecule has 1 aliphatic heterocycles. The van der Waals surface area contributed by atoms with E-state index in [0.29, 0.717) is 5.44 Å². The largest absolute Gasteiger partial charge is 0.310 e. The van der Waals surface area contributed by atoms with E-state index in [9.17, 15) is 0 Å². The van der Waals surface area contributed by atoms with Crippen molar-refractivity contribution in [3.05, 3.63) is 205 Å². The van der Waals surface area contributed by atoms with Crippen molar-refractivity contribution in [3.8, 4) is 16.8 Å². The van der Waals surface area contributed by atoms with E-state index < -0.39 is 7.14 Å². The number of fused-ring (bicyclic) bond motifs is 5. The molecule has 4 nitrogen and oxygen atoms in total. The smallest absolute Gasteiger partial charge is 0.188 e. The van der Waals surface area contributed by atoms with Gasteiger partial charge in [-0.1, -0.05) is 141 Å². The summed E-state index contributed by atoms with van der Waals surface area (Å²) in [7, 11) is -3.32. The Balaban J connectivity index is 1.26. The molecule has 9 aromatic rings. The lowest BCUT2D eigenvalue weighted by Crippen LogP contribution is -2.30. The van der Waals surface area contributed by atoms with Crippen molar-refractivity contribution >= 4 is 62.1 Å². The number of hydrogen-bond acceptors (Lipinski definition) is 3. The summed E-state index contributed by atoms with van der Waals surface area (Å²) in [4.78, 5) is 7.09. The van der Waals surface area contributed by atoms with Crippen molar-refractivity contribution in [2.45, 2.75) is 19.3 Å². The molecule has 2 aromatic heterocycles. The number of pyridine rings is 1. The predicted octanol–water partition coefficient (Wildman–Crippen LogP) is 11.6. The van der Waals surface area contributed by atoms with E-state index >= 15 is 4.57 Å². The van der Waals surface area contributed by atoms with Crippen LogP contribution in [-0.2, 0) is 9.98 Å². The van der Waals surface area contributed by atoms with E-state index in [1.165, 1.54) is 21.9 Å². The third-order valence-corrected chi connectivity index (χ3v) is 14.2. The zero-order chi connectivity index (χ0) is 37.1. The summed E-state index contributed by atoms with van der Waals surface area (Å²) in [5.74, 6) is 0. The van der Waals surface area contributed by atoms with Crippen LogP contribution >= 0.6 is 7.14 Å². The number of aromatic nitrogens is 2. The maximum Gasteiger partial charge on any atom is 0.188 e. The number of para-hydroxylation sites is 4. The van der Waals surface area contributed by atoms with Crippen molar-refractivity contribution in [2.24, 2.45) is 0 Å². The van der Waals surface area contributed by atoms with E-state index in [2.05, 4.69) is 156 Å². The monoisotopic (exact) mass is 727 g/mol. The minimum Gasteiger partial charge on any atom is -0.310 e. The number of rotatable bonds is 6. The molecule has 1 atom stereocenters. The van der Waals surface area contributed by atoms with Gasteiger partial charge in [-0.05, 0) is 82.9 Å². The molecule has 0 fully saturated rings. The molecule has 0 saturated carbocycles. The molecule has 55 heavy (non-hydrogen) atoms. The summed E-state index contributed by atoms with van der Waals surface area (Å²) in [6, 6.07) is 65.4. The SMILES string of the molecule is CC1(C)c2ccccc2N(c2cc(-c3cccc(P(=O)(c4ccccc4)c4ccccn4)c3)cc(-n3c4ccccc4c4ccccc43)c2)c2ccccc21. The number of nitrogens with zero attached hydrogens (tertiary/aromatic N) is 3. The lowest BCUT2D eigenvalue weighted by Gasteiger charge is -2.42. The first-order valence-corrected chi connectivity index (χ1v) is 20.4. The van der Waals surface area contributed by atoms with Gasteiger partial charge in [-0.25, -0.2) is 0 Å². The van der Waals surface area contributed by atoms with Crippen molar-refractivity contribution in [3.63, 3.8) is 0 Å². The average Bonchev–Trinajstić information content (AvgIpc) is 3.59. The van der Waals surface area contributed by atoms with Gasteiger partial charge in [-0.15, -0.1) is 0 Å². The second kappa shape index (κ2) is 12.8. The fourth-order valence-electron chi connectivity index (χ4n) is 8.64. The average molecular weight is 728 g/mol. The highest BCUT2D eigenvalue weighted by molar-refractivity contribution is 7.85. The van der Waals surface area contributed by atoms with Gasteiger partial charge in [-0.3, -0.25) is 4.98 Å². The summed E-state index contributed by atoms with van der Waals surface area (Å²) in [5.41, 5.74) is 11.6. The fourth-order valence-corrected chi connectivity index (χ4v) is 11.2. The molecule has 1 unspecified atom stereocenters. The summed E-state index contributed by atoms with van der Waals surface area (Å²) >= 11 is 0. The van der Waals surface area contributed by atoms with Crippen LogP contribution in [0.4, 0.5) is 17.1 Å². The first-order chi connectivity index (χ1) is 26.9. The quantitative estimate of drug-likeness (QED) is 0.160. The first-order valence-electron chi connectivity index (χ1n) is 18.7. The van der Waals surface area contributed by atoms with Crippen LogP contribution in [-0.4, -0.2) is 9.55 Å². The lowest BCUT2D eigenvalue weighted by atomic mass is 9.73. The lowest BCUT2D eigenvalue weighted by molar-refractivity contribution is 0.592. The van der Waals surface area contributed by atoms with Crippen LogP contribution in [0, 0.1) is 0 Å². The minimum atomic E-state index is -3.32. The molecule has 0 amide bonds. The van der Waals surface area contributed by atoms with Crippen molar-refractivity contribution in [2.75, 3.05) is 4.90 Å². The fraction of sp³-hybridized carbons (Fsp3) is 0.0600. The van der Waals surface area contributed by atoms with Crippen LogP contribution < -0.4 is 20.9 Å². The topological polar surface area (TPSA) is 38.1 Å². The normalized spacial score (nSPS) is 14.3. The van der Waals surface area contributed by atoms with Crippen LogP contribution in [0.1, 0.15) is 25.0 Å². The summed E-state index contributed by atoms with van der Waals surface area (Å²) in [6.07, 6.45) is 1.73. The third-order valence-electron chi connectivity index (χ3n) is 11.3. The van der Waals surface area contributed by atoms with Gasteiger partial charge >= 0.3 is 0 Å². The predicted molar refractivity (Wildman–Crippen MR) is 230 cm³/mol. The van der Waals surface area contributed by atoms with E-state index in [4.69, 9.17) is 0 Å². The Bertz CT molecular complexity index is 2800. The molecule has 0 N–H and O–H groups in total. The zero-order valence-electron chi connectivity index (χ0n) is 30.7. The van der Waals surface area contributed by atoms with Gasteiger partial charge < -0.3 is 14.0 Å². The van der Waals surface area contributed by atoms with Gasteiger partial charge in [-0.2, -0.15) is 0 Å². The second-order valence-corrected chi connectivity index (χ2v) is 17.5. The molecule has 264 valence electrons. The Morgan fingerprint density at radius 2 is 1.05 bits per heavy atom. The summed E-state index contributed by atoms with van der Waals surface area (Å²) in [5, 5.41) is 3.92. The Labute approximate surface area is 321 Å². The molecule has 5 heteroatoms. The van der Waals surface area contributed by atoms with Crippen LogP contribution in [0.15, 0.2) is 194 Å². The van der Waals surface area contributed by atoms with Crippen molar-refractivity contribution in [1.29, 1.82) is 0 Å². The molecular weight excluding hydrogens is 690 g/mol. The van der Waals surface area contributed by atoms with Crippen LogP contribution in [0.2, 0.25) is 0 Å². The molecule has 0 aliphatic carbocycles. The first kappa shape index (κ1) is 33.1. The summed E-state index contributed by atoms with van der Waals surface area (Å²) in [6.45, 7) is 4.64. The van der Waals surface area contributed by atoms with Gasteiger partial charge in [0.1, 0.15) is 5.44 Å². The Hall–Kier alpha value is -6.48. The van der Waals surface area contributed by atoms with Crippen LogP contribution in [0.25, 0.3) is 38.6 Å². The molecule has 3 heterocycles. The van der Waals surface area contributed by atoms with Crippen LogP contribution in [0.5, 0.6) is 0 Å². The van der Waals surface area contributed by atoms with Gasteiger partial charge in [0.15, 0.2) is 7.14 Å². The molecule has 0 spiro atoms. The number of hydrogen-bond donors (Lipinski definition) is 0.